The number of carbonyl (C=O) groups is 1. The zero-order valence-electron chi connectivity index (χ0n) is 14.9. The number of rotatable bonds is 3. The van der Waals surface area contributed by atoms with Gasteiger partial charge in [-0.3, -0.25) is 4.79 Å². The highest BCUT2D eigenvalue weighted by molar-refractivity contribution is 6.06. The third kappa shape index (κ3) is 3.19. The molecule has 2 N–H and O–H groups in total. The van der Waals surface area contributed by atoms with Crippen LogP contribution < -0.4 is 10.6 Å². The second-order valence-corrected chi connectivity index (χ2v) is 6.47. The summed E-state index contributed by atoms with van der Waals surface area (Å²) >= 11 is 0. The molecule has 4 rings (SSSR count). The number of hydrogen-bond acceptors (Lipinski definition) is 4. The Morgan fingerprint density at radius 1 is 1.19 bits per heavy atom. The number of anilines is 2. The molecule has 27 heavy (non-hydrogen) atoms. The first-order valence-corrected chi connectivity index (χ1v) is 8.54. The van der Waals surface area contributed by atoms with Crippen LogP contribution in [0.1, 0.15) is 24.1 Å². The van der Waals surface area contributed by atoms with Crippen LogP contribution in [0.4, 0.5) is 16.0 Å². The second-order valence-electron chi connectivity index (χ2n) is 6.47. The molecule has 1 amide bonds. The molecule has 0 radical (unpaired) electrons. The van der Waals surface area contributed by atoms with Gasteiger partial charge in [-0.1, -0.05) is 24.3 Å². The molecule has 0 aliphatic carbocycles. The summed E-state index contributed by atoms with van der Waals surface area (Å²) in [6.45, 7) is 3.76. The molecule has 3 aromatic rings. The summed E-state index contributed by atoms with van der Waals surface area (Å²) in [6.07, 6.45) is 1.41. The lowest BCUT2D eigenvalue weighted by Crippen LogP contribution is -2.31. The van der Waals surface area contributed by atoms with Crippen LogP contribution in [0, 0.1) is 12.7 Å². The van der Waals surface area contributed by atoms with E-state index in [2.05, 4.69) is 20.7 Å². The van der Waals surface area contributed by atoms with Crippen molar-refractivity contribution < 1.29 is 9.18 Å². The van der Waals surface area contributed by atoms with Crippen LogP contribution in [0.5, 0.6) is 0 Å². The standard InChI is InChI=1S/C20H18FN5O/c1-12-5-3-8-16(9-12)25-19(27)17-13(2)24-20-22-11-23-26(20)18(17)14-6-4-7-15(21)10-14/h3-11,18H,1-2H3,(H,25,27)(H,22,23,24). The Balaban J connectivity index is 1.77. The number of benzene rings is 2. The Hall–Kier alpha value is -3.48. The maximum atomic E-state index is 13.9. The van der Waals surface area contributed by atoms with Crippen LogP contribution in [0.3, 0.4) is 0 Å². The number of halogens is 1. The van der Waals surface area contributed by atoms with Crippen LogP contribution >= 0.6 is 0 Å². The summed E-state index contributed by atoms with van der Waals surface area (Å²) in [5, 5.41) is 10.3. The molecule has 0 fully saturated rings. The van der Waals surface area contributed by atoms with Gasteiger partial charge in [-0.25, -0.2) is 9.07 Å². The highest BCUT2D eigenvalue weighted by atomic mass is 19.1. The molecular formula is C20H18FN5O. The van der Waals surface area contributed by atoms with E-state index >= 15 is 0 Å². The van der Waals surface area contributed by atoms with E-state index in [1.807, 2.05) is 31.2 Å². The van der Waals surface area contributed by atoms with Crippen molar-refractivity contribution in [1.82, 2.24) is 14.8 Å². The molecule has 7 heteroatoms. The summed E-state index contributed by atoms with van der Waals surface area (Å²) in [4.78, 5) is 17.3. The van der Waals surface area contributed by atoms with Crippen LogP contribution in [-0.2, 0) is 4.79 Å². The number of aromatic nitrogens is 3. The van der Waals surface area contributed by atoms with E-state index < -0.39 is 6.04 Å². The predicted molar refractivity (Wildman–Crippen MR) is 101 cm³/mol. The normalized spacial score (nSPS) is 15.9. The molecular weight excluding hydrogens is 345 g/mol. The van der Waals surface area contributed by atoms with E-state index in [0.717, 1.165) is 5.56 Å². The zero-order chi connectivity index (χ0) is 19.0. The van der Waals surface area contributed by atoms with Gasteiger partial charge in [0.05, 0.1) is 5.57 Å². The molecule has 0 spiro atoms. The topological polar surface area (TPSA) is 71.8 Å². The Morgan fingerprint density at radius 3 is 2.78 bits per heavy atom. The molecule has 1 atom stereocenters. The van der Waals surface area contributed by atoms with Crippen LogP contribution in [-0.4, -0.2) is 20.7 Å². The van der Waals surface area contributed by atoms with Crippen molar-refractivity contribution in [3.63, 3.8) is 0 Å². The second kappa shape index (κ2) is 6.68. The predicted octanol–water partition coefficient (Wildman–Crippen LogP) is 3.65. The van der Waals surface area contributed by atoms with Gasteiger partial charge in [0, 0.05) is 11.4 Å². The number of hydrogen-bond donors (Lipinski definition) is 2. The van der Waals surface area contributed by atoms with Crippen molar-refractivity contribution in [2.45, 2.75) is 19.9 Å². The number of amides is 1. The molecule has 1 aliphatic rings. The van der Waals surface area contributed by atoms with Crippen molar-refractivity contribution in [1.29, 1.82) is 0 Å². The molecule has 6 nitrogen and oxygen atoms in total. The molecule has 2 aromatic carbocycles. The van der Waals surface area contributed by atoms with Gasteiger partial charge >= 0.3 is 0 Å². The molecule has 1 aliphatic heterocycles. The Kier molecular flexibility index (Phi) is 4.19. The van der Waals surface area contributed by atoms with Gasteiger partial charge < -0.3 is 10.6 Å². The highest BCUT2D eigenvalue weighted by Gasteiger charge is 2.33. The average molecular weight is 363 g/mol. The first-order chi connectivity index (χ1) is 13.0. The van der Waals surface area contributed by atoms with Gasteiger partial charge in [0.2, 0.25) is 5.95 Å². The van der Waals surface area contributed by atoms with Gasteiger partial charge in [0.15, 0.2) is 0 Å². The van der Waals surface area contributed by atoms with Crippen LogP contribution in [0.15, 0.2) is 66.1 Å². The minimum absolute atomic E-state index is 0.277. The molecule has 2 heterocycles. The van der Waals surface area contributed by atoms with Gasteiger partial charge in [0.1, 0.15) is 18.2 Å². The van der Waals surface area contributed by atoms with Gasteiger partial charge in [-0.05, 0) is 49.2 Å². The number of nitrogens with zero attached hydrogens (tertiary/aromatic N) is 3. The Bertz CT molecular complexity index is 1060. The maximum absolute atomic E-state index is 13.9. The van der Waals surface area contributed by atoms with Crippen molar-refractivity contribution >= 4 is 17.5 Å². The SMILES string of the molecule is CC1=C(C(=O)Nc2cccc(C)c2)C(c2cccc(F)c2)n2ncnc2N1. The number of fused-ring (bicyclic) bond motifs is 1. The smallest absolute Gasteiger partial charge is 0.255 e. The molecule has 0 bridgehead atoms. The molecule has 1 aromatic heterocycles. The summed E-state index contributed by atoms with van der Waals surface area (Å²) in [5.74, 6) is -0.140. The Morgan fingerprint density at radius 2 is 2.00 bits per heavy atom. The summed E-state index contributed by atoms with van der Waals surface area (Å²) < 4.78 is 15.5. The average Bonchev–Trinajstić information content (AvgIpc) is 3.08. The van der Waals surface area contributed by atoms with Crippen molar-refractivity contribution in [3.8, 4) is 0 Å². The van der Waals surface area contributed by atoms with Gasteiger partial charge in [0.25, 0.3) is 5.91 Å². The van der Waals surface area contributed by atoms with Gasteiger partial charge in [-0.15, -0.1) is 0 Å². The lowest BCUT2D eigenvalue weighted by molar-refractivity contribution is -0.113. The lowest BCUT2D eigenvalue weighted by Gasteiger charge is -2.28. The fourth-order valence-electron chi connectivity index (χ4n) is 3.29. The largest absolute Gasteiger partial charge is 0.328 e. The van der Waals surface area contributed by atoms with E-state index in [9.17, 15) is 9.18 Å². The zero-order valence-corrected chi connectivity index (χ0v) is 14.9. The fourth-order valence-corrected chi connectivity index (χ4v) is 3.29. The Labute approximate surface area is 155 Å². The summed E-state index contributed by atoms with van der Waals surface area (Å²) in [5.41, 5.74) is 3.47. The third-order valence-electron chi connectivity index (χ3n) is 4.48. The minimum atomic E-state index is -0.579. The molecule has 1 unspecified atom stereocenters. The van der Waals surface area contributed by atoms with E-state index in [4.69, 9.17) is 0 Å². The number of carbonyl (C=O) groups excluding carboxylic acids is 1. The first-order valence-electron chi connectivity index (χ1n) is 8.54. The minimum Gasteiger partial charge on any atom is -0.328 e. The van der Waals surface area contributed by atoms with Gasteiger partial charge in [-0.2, -0.15) is 10.1 Å². The molecule has 136 valence electrons. The maximum Gasteiger partial charge on any atom is 0.255 e. The molecule has 0 saturated carbocycles. The monoisotopic (exact) mass is 363 g/mol. The summed E-state index contributed by atoms with van der Waals surface area (Å²) in [7, 11) is 0. The van der Waals surface area contributed by atoms with Crippen molar-refractivity contribution in [3.05, 3.63) is 83.1 Å². The first kappa shape index (κ1) is 17.0. The number of allylic oxidation sites excluding steroid dienone is 1. The number of aryl methyl sites for hydroxylation is 1. The molecule has 0 saturated heterocycles. The van der Waals surface area contributed by atoms with E-state index in [-0.39, 0.29) is 11.7 Å². The van der Waals surface area contributed by atoms with E-state index in [1.54, 1.807) is 23.7 Å². The highest BCUT2D eigenvalue weighted by Crippen LogP contribution is 2.35. The van der Waals surface area contributed by atoms with Crippen LogP contribution in [0.25, 0.3) is 0 Å². The summed E-state index contributed by atoms with van der Waals surface area (Å²) in [6, 6.07) is 13.2. The van der Waals surface area contributed by atoms with E-state index in [1.165, 1.54) is 18.5 Å². The van der Waals surface area contributed by atoms with Crippen molar-refractivity contribution in [2.75, 3.05) is 10.6 Å². The number of nitrogens with one attached hydrogen (secondary N) is 2. The third-order valence-corrected chi connectivity index (χ3v) is 4.48. The quantitative estimate of drug-likeness (QED) is 0.745. The lowest BCUT2D eigenvalue weighted by atomic mass is 9.95. The fraction of sp³-hybridized carbons (Fsp3) is 0.150. The van der Waals surface area contributed by atoms with E-state index in [0.29, 0.717) is 28.5 Å². The van der Waals surface area contributed by atoms with Crippen molar-refractivity contribution in [2.24, 2.45) is 0 Å². The van der Waals surface area contributed by atoms with Crippen LogP contribution in [0.2, 0.25) is 0 Å².